The molecule has 0 aromatic carbocycles. The SMILES string of the molecule is CCNc1cccc(CN2CCC(C(=O)OC)CC2)n1. The topological polar surface area (TPSA) is 54.5 Å². The summed E-state index contributed by atoms with van der Waals surface area (Å²) in [7, 11) is 1.46. The first-order valence-electron chi connectivity index (χ1n) is 7.23. The predicted molar refractivity (Wildman–Crippen MR) is 78.4 cm³/mol. The van der Waals surface area contributed by atoms with Gasteiger partial charge in [0, 0.05) is 13.1 Å². The van der Waals surface area contributed by atoms with Crippen LogP contribution in [-0.4, -0.2) is 42.6 Å². The maximum atomic E-state index is 11.5. The Hall–Kier alpha value is -1.62. The van der Waals surface area contributed by atoms with E-state index in [0.717, 1.165) is 50.5 Å². The number of ether oxygens (including phenoxy) is 1. The van der Waals surface area contributed by atoms with Crippen molar-refractivity contribution in [2.24, 2.45) is 5.92 Å². The average molecular weight is 277 g/mol. The Kier molecular flexibility index (Phi) is 5.35. The van der Waals surface area contributed by atoms with Gasteiger partial charge in [0.25, 0.3) is 0 Å². The monoisotopic (exact) mass is 277 g/mol. The van der Waals surface area contributed by atoms with Crippen LogP contribution in [0, 0.1) is 5.92 Å². The van der Waals surface area contributed by atoms with Crippen LogP contribution < -0.4 is 5.32 Å². The van der Waals surface area contributed by atoms with Crippen molar-refractivity contribution in [2.75, 3.05) is 32.1 Å². The van der Waals surface area contributed by atoms with Gasteiger partial charge in [0.2, 0.25) is 0 Å². The molecule has 1 fully saturated rings. The van der Waals surface area contributed by atoms with Gasteiger partial charge in [-0.15, -0.1) is 0 Å². The van der Waals surface area contributed by atoms with E-state index in [9.17, 15) is 4.79 Å². The molecule has 5 nitrogen and oxygen atoms in total. The van der Waals surface area contributed by atoms with Crippen molar-refractivity contribution in [2.45, 2.75) is 26.3 Å². The van der Waals surface area contributed by atoms with Crippen LogP contribution >= 0.6 is 0 Å². The summed E-state index contributed by atoms with van der Waals surface area (Å²) in [4.78, 5) is 18.4. The lowest BCUT2D eigenvalue weighted by molar-refractivity contribution is -0.147. The number of nitrogens with zero attached hydrogens (tertiary/aromatic N) is 2. The minimum Gasteiger partial charge on any atom is -0.469 e. The fourth-order valence-electron chi connectivity index (χ4n) is 2.57. The standard InChI is InChI=1S/C15H23N3O2/c1-3-16-14-6-4-5-13(17-14)11-18-9-7-12(8-10-18)15(19)20-2/h4-6,12H,3,7-11H2,1-2H3,(H,16,17). The Morgan fingerprint density at radius 3 is 2.85 bits per heavy atom. The number of piperidine rings is 1. The van der Waals surface area contributed by atoms with Crippen molar-refractivity contribution in [3.63, 3.8) is 0 Å². The largest absolute Gasteiger partial charge is 0.469 e. The summed E-state index contributed by atoms with van der Waals surface area (Å²) in [5.41, 5.74) is 1.07. The third-order valence-electron chi connectivity index (χ3n) is 3.67. The Labute approximate surface area is 120 Å². The van der Waals surface area contributed by atoms with Gasteiger partial charge >= 0.3 is 5.97 Å². The van der Waals surface area contributed by atoms with Crippen LogP contribution in [0.3, 0.4) is 0 Å². The lowest BCUT2D eigenvalue weighted by atomic mass is 9.97. The van der Waals surface area contributed by atoms with E-state index < -0.39 is 0 Å². The summed E-state index contributed by atoms with van der Waals surface area (Å²) < 4.78 is 4.81. The van der Waals surface area contributed by atoms with Crippen LogP contribution in [0.15, 0.2) is 18.2 Å². The van der Waals surface area contributed by atoms with Crippen molar-refractivity contribution in [3.8, 4) is 0 Å². The second kappa shape index (κ2) is 7.24. The van der Waals surface area contributed by atoms with Crippen molar-refractivity contribution in [1.82, 2.24) is 9.88 Å². The Balaban J connectivity index is 1.86. The second-order valence-electron chi connectivity index (χ2n) is 5.12. The molecule has 0 amide bonds. The van der Waals surface area contributed by atoms with E-state index in [0.29, 0.717) is 0 Å². The van der Waals surface area contributed by atoms with Crippen molar-refractivity contribution < 1.29 is 9.53 Å². The maximum Gasteiger partial charge on any atom is 0.308 e. The number of esters is 1. The number of nitrogens with one attached hydrogen (secondary N) is 1. The average Bonchev–Trinajstić information content (AvgIpc) is 2.48. The van der Waals surface area contributed by atoms with E-state index in [2.05, 4.69) is 22.1 Å². The lowest BCUT2D eigenvalue weighted by Gasteiger charge is -2.30. The molecule has 0 radical (unpaired) electrons. The highest BCUT2D eigenvalue weighted by Gasteiger charge is 2.25. The molecular formula is C15H23N3O2. The van der Waals surface area contributed by atoms with Crippen molar-refractivity contribution >= 4 is 11.8 Å². The van der Waals surface area contributed by atoms with E-state index >= 15 is 0 Å². The summed E-state index contributed by atoms with van der Waals surface area (Å²) in [5.74, 6) is 0.920. The molecular weight excluding hydrogens is 254 g/mol. The molecule has 2 heterocycles. The normalized spacial score (nSPS) is 16.9. The number of carbonyl (C=O) groups excluding carboxylic acids is 1. The number of likely N-dealkylation sites (tertiary alicyclic amines) is 1. The van der Waals surface area contributed by atoms with Gasteiger partial charge in [-0.05, 0) is 45.0 Å². The zero-order valence-electron chi connectivity index (χ0n) is 12.3. The van der Waals surface area contributed by atoms with E-state index in [1.165, 1.54) is 7.11 Å². The molecule has 110 valence electrons. The molecule has 20 heavy (non-hydrogen) atoms. The first-order chi connectivity index (χ1) is 9.72. The summed E-state index contributed by atoms with van der Waals surface area (Å²) >= 11 is 0. The van der Waals surface area contributed by atoms with Gasteiger partial charge in [0.15, 0.2) is 0 Å². The molecule has 1 saturated heterocycles. The van der Waals surface area contributed by atoms with Crippen LogP contribution in [0.1, 0.15) is 25.5 Å². The number of rotatable bonds is 5. The van der Waals surface area contributed by atoms with Gasteiger partial charge < -0.3 is 10.1 Å². The third kappa shape index (κ3) is 3.93. The number of anilines is 1. The summed E-state index contributed by atoms with van der Waals surface area (Å²) in [6.07, 6.45) is 1.75. The zero-order chi connectivity index (χ0) is 14.4. The van der Waals surface area contributed by atoms with Crippen LogP contribution in [0.2, 0.25) is 0 Å². The maximum absolute atomic E-state index is 11.5. The van der Waals surface area contributed by atoms with Gasteiger partial charge in [-0.1, -0.05) is 6.07 Å². The number of carbonyl (C=O) groups is 1. The Morgan fingerprint density at radius 1 is 1.45 bits per heavy atom. The fraction of sp³-hybridized carbons (Fsp3) is 0.600. The smallest absolute Gasteiger partial charge is 0.308 e. The summed E-state index contributed by atoms with van der Waals surface area (Å²) in [6.45, 7) is 5.62. The molecule has 0 atom stereocenters. The highest BCUT2D eigenvalue weighted by Crippen LogP contribution is 2.20. The molecule has 1 aromatic heterocycles. The van der Waals surface area contributed by atoms with E-state index in [-0.39, 0.29) is 11.9 Å². The molecule has 2 rings (SSSR count). The van der Waals surface area contributed by atoms with Gasteiger partial charge in [0.05, 0.1) is 18.7 Å². The van der Waals surface area contributed by atoms with Crippen LogP contribution in [0.4, 0.5) is 5.82 Å². The van der Waals surface area contributed by atoms with Gasteiger partial charge in [-0.25, -0.2) is 4.98 Å². The van der Waals surface area contributed by atoms with Gasteiger partial charge in [0.1, 0.15) is 5.82 Å². The number of methoxy groups -OCH3 is 1. The van der Waals surface area contributed by atoms with Crippen LogP contribution in [-0.2, 0) is 16.1 Å². The number of hydrogen-bond donors (Lipinski definition) is 1. The third-order valence-corrected chi connectivity index (χ3v) is 3.67. The highest BCUT2D eigenvalue weighted by molar-refractivity contribution is 5.72. The minimum absolute atomic E-state index is 0.0669. The van der Waals surface area contributed by atoms with Crippen LogP contribution in [0.5, 0.6) is 0 Å². The number of pyridine rings is 1. The van der Waals surface area contributed by atoms with Crippen molar-refractivity contribution in [1.29, 1.82) is 0 Å². The second-order valence-corrected chi connectivity index (χ2v) is 5.12. The first-order valence-corrected chi connectivity index (χ1v) is 7.23. The van der Waals surface area contributed by atoms with E-state index in [1.807, 2.05) is 18.2 Å². The minimum atomic E-state index is -0.0723. The Bertz CT molecular complexity index is 442. The Morgan fingerprint density at radius 2 is 2.20 bits per heavy atom. The molecule has 5 heteroatoms. The number of hydrogen-bond acceptors (Lipinski definition) is 5. The van der Waals surface area contributed by atoms with Gasteiger partial charge in [-0.2, -0.15) is 0 Å². The summed E-state index contributed by atoms with van der Waals surface area (Å²) in [6, 6.07) is 6.06. The van der Waals surface area contributed by atoms with Crippen molar-refractivity contribution in [3.05, 3.63) is 23.9 Å². The van der Waals surface area contributed by atoms with Gasteiger partial charge in [-0.3, -0.25) is 9.69 Å². The zero-order valence-corrected chi connectivity index (χ0v) is 12.3. The quantitative estimate of drug-likeness (QED) is 0.833. The summed E-state index contributed by atoms with van der Waals surface area (Å²) in [5, 5.41) is 3.22. The number of aromatic nitrogens is 1. The molecule has 1 N–H and O–H groups in total. The highest BCUT2D eigenvalue weighted by atomic mass is 16.5. The molecule has 1 aliphatic rings. The van der Waals surface area contributed by atoms with E-state index in [1.54, 1.807) is 0 Å². The molecule has 0 saturated carbocycles. The molecule has 1 aliphatic heterocycles. The molecule has 0 aliphatic carbocycles. The first kappa shape index (κ1) is 14.8. The molecule has 1 aromatic rings. The lowest BCUT2D eigenvalue weighted by Crippen LogP contribution is -2.36. The van der Waals surface area contributed by atoms with E-state index in [4.69, 9.17) is 4.74 Å². The molecule has 0 unspecified atom stereocenters. The van der Waals surface area contributed by atoms with Crippen LogP contribution in [0.25, 0.3) is 0 Å². The fourth-order valence-corrected chi connectivity index (χ4v) is 2.57. The molecule has 0 spiro atoms. The molecule has 0 bridgehead atoms. The predicted octanol–water partition coefficient (Wildman–Crippen LogP) is 1.90.